The van der Waals surface area contributed by atoms with Gasteiger partial charge in [-0.15, -0.1) is 11.3 Å². The number of Topliss-reactive ketones (excluding diaryl/α,β-unsaturated/α-hetero) is 1. The van der Waals surface area contributed by atoms with Gasteiger partial charge < -0.3 is 9.15 Å². The molecule has 6 heteroatoms. The molecule has 1 aliphatic heterocycles. The van der Waals surface area contributed by atoms with E-state index in [-0.39, 0.29) is 24.3 Å². The van der Waals surface area contributed by atoms with E-state index in [1.807, 2.05) is 37.4 Å². The molecule has 4 rings (SSSR count). The number of carbonyl (C=O) groups excluding carboxylic acids is 2. The van der Waals surface area contributed by atoms with Crippen LogP contribution in [0.25, 0.3) is 0 Å². The van der Waals surface area contributed by atoms with Gasteiger partial charge in [0.2, 0.25) is 0 Å². The van der Waals surface area contributed by atoms with Crippen molar-refractivity contribution in [1.29, 1.82) is 0 Å². The molecule has 0 saturated heterocycles. The summed E-state index contributed by atoms with van der Waals surface area (Å²) >= 11 is 1.67. The van der Waals surface area contributed by atoms with Gasteiger partial charge in [-0.3, -0.25) is 14.6 Å². The highest BCUT2D eigenvalue weighted by molar-refractivity contribution is 7.10. The Hall–Kier alpha value is -2.47. The highest BCUT2D eigenvalue weighted by Gasteiger charge is 2.46. The third-order valence-electron chi connectivity index (χ3n) is 5.44. The standard InChI is InChI=1S/C22H23NO4S/c1-4-26-22(25)19-13(3)23-15-10-14(18-6-5-9-28-18)11-16(24)20(15)21(19)17-8-7-12(2)27-17/h5-9,14,19,21H,4,10-11H2,1-3H3/t14-,19?,21+/m1/s1. The summed E-state index contributed by atoms with van der Waals surface area (Å²) in [6.45, 7) is 5.76. The van der Waals surface area contributed by atoms with Crippen LogP contribution in [0.3, 0.4) is 0 Å². The first-order valence-electron chi connectivity index (χ1n) is 9.57. The quantitative estimate of drug-likeness (QED) is 0.696. The van der Waals surface area contributed by atoms with Crippen LogP contribution in [0.15, 0.2) is 50.3 Å². The number of nitrogens with zero attached hydrogens (tertiary/aromatic N) is 1. The molecule has 1 aliphatic carbocycles. The zero-order chi connectivity index (χ0) is 19.8. The van der Waals surface area contributed by atoms with E-state index >= 15 is 0 Å². The molecule has 146 valence electrons. The van der Waals surface area contributed by atoms with E-state index in [1.165, 1.54) is 4.88 Å². The zero-order valence-corrected chi connectivity index (χ0v) is 17.0. The largest absolute Gasteiger partial charge is 0.466 e. The lowest BCUT2D eigenvalue weighted by atomic mass is 9.71. The summed E-state index contributed by atoms with van der Waals surface area (Å²) in [5.74, 6) is 0.0936. The molecule has 5 nitrogen and oxygen atoms in total. The molecule has 0 N–H and O–H groups in total. The van der Waals surface area contributed by atoms with Crippen LogP contribution >= 0.6 is 11.3 Å². The number of carbonyl (C=O) groups is 2. The fourth-order valence-corrected chi connectivity index (χ4v) is 5.08. The number of hydrogen-bond donors (Lipinski definition) is 0. The molecule has 0 spiro atoms. The fraction of sp³-hybridized carbons (Fsp3) is 0.409. The van der Waals surface area contributed by atoms with Crippen LogP contribution in [-0.2, 0) is 14.3 Å². The molecule has 0 aromatic carbocycles. The lowest BCUT2D eigenvalue weighted by Crippen LogP contribution is -2.37. The van der Waals surface area contributed by atoms with E-state index in [4.69, 9.17) is 14.1 Å². The van der Waals surface area contributed by atoms with Crippen LogP contribution in [0.4, 0.5) is 0 Å². The van der Waals surface area contributed by atoms with Gasteiger partial charge in [-0.05, 0) is 50.8 Å². The maximum absolute atomic E-state index is 13.2. The SMILES string of the molecule is CCOC(=O)C1C(C)=NC2=C(C(=O)C[C@H](c3cccs3)C2)[C@H]1c1ccc(C)o1. The Kier molecular flexibility index (Phi) is 5.06. The molecular formula is C22H23NO4S. The molecule has 28 heavy (non-hydrogen) atoms. The summed E-state index contributed by atoms with van der Waals surface area (Å²) in [7, 11) is 0. The lowest BCUT2D eigenvalue weighted by Gasteiger charge is -2.35. The molecule has 2 aromatic rings. The van der Waals surface area contributed by atoms with Crippen molar-refractivity contribution in [3.05, 3.63) is 57.3 Å². The topological polar surface area (TPSA) is 68.9 Å². The zero-order valence-electron chi connectivity index (χ0n) is 16.2. The number of aryl methyl sites for hydroxylation is 1. The van der Waals surface area contributed by atoms with Crippen LogP contribution in [0.2, 0.25) is 0 Å². The first kappa shape index (κ1) is 18.9. The van der Waals surface area contributed by atoms with Gasteiger partial charge in [0.05, 0.1) is 12.5 Å². The molecule has 3 atom stereocenters. The summed E-state index contributed by atoms with van der Waals surface area (Å²) < 4.78 is 11.2. The van der Waals surface area contributed by atoms with Gasteiger partial charge in [-0.25, -0.2) is 0 Å². The molecule has 1 unspecified atom stereocenters. The second-order valence-electron chi connectivity index (χ2n) is 7.31. The summed E-state index contributed by atoms with van der Waals surface area (Å²) in [6, 6.07) is 7.80. The van der Waals surface area contributed by atoms with Crippen LogP contribution in [0, 0.1) is 12.8 Å². The van der Waals surface area contributed by atoms with Gasteiger partial charge in [0, 0.05) is 34.2 Å². The number of rotatable bonds is 4. The van der Waals surface area contributed by atoms with E-state index in [9.17, 15) is 9.59 Å². The van der Waals surface area contributed by atoms with E-state index in [1.54, 1.807) is 18.3 Å². The Morgan fingerprint density at radius 2 is 2.11 bits per heavy atom. The van der Waals surface area contributed by atoms with Crippen LogP contribution in [-0.4, -0.2) is 24.1 Å². The number of esters is 1. The van der Waals surface area contributed by atoms with E-state index in [2.05, 4.69) is 6.07 Å². The maximum Gasteiger partial charge on any atom is 0.315 e. The van der Waals surface area contributed by atoms with E-state index in [0.717, 1.165) is 11.5 Å². The predicted molar refractivity (Wildman–Crippen MR) is 108 cm³/mol. The lowest BCUT2D eigenvalue weighted by molar-refractivity contribution is -0.146. The fourth-order valence-electron chi connectivity index (χ4n) is 4.25. The van der Waals surface area contributed by atoms with Crippen LogP contribution in [0.5, 0.6) is 0 Å². The molecule has 2 aromatic heterocycles. The van der Waals surface area contributed by atoms with Crippen molar-refractivity contribution in [2.75, 3.05) is 6.61 Å². The Bertz CT molecular complexity index is 967. The van der Waals surface area contributed by atoms with Crippen LogP contribution in [0.1, 0.15) is 54.9 Å². The summed E-state index contributed by atoms with van der Waals surface area (Å²) in [6.07, 6.45) is 1.13. The molecule has 0 radical (unpaired) electrons. The Balaban J connectivity index is 1.80. The maximum atomic E-state index is 13.2. The molecule has 0 bridgehead atoms. The molecule has 0 amide bonds. The van der Waals surface area contributed by atoms with Crippen molar-refractivity contribution in [2.24, 2.45) is 10.9 Å². The summed E-state index contributed by atoms with van der Waals surface area (Å²) in [4.78, 5) is 31.9. The van der Waals surface area contributed by atoms with Crippen molar-refractivity contribution in [3.8, 4) is 0 Å². The van der Waals surface area contributed by atoms with Crippen molar-refractivity contribution >= 4 is 28.8 Å². The second kappa shape index (κ2) is 7.51. The van der Waals surface area contributed by atoms with Gasteiger partial charge in [0.15, 0.2) is 5.78 Å². The number of hydrogen-bond acceptors (Lipinski definition) is 6. The number of aliphatic imine (C=N–C) groups is 1. The number of furan rings is 1. The van der Waals surface area contributed by atoms with Crippen molar-refractivity contribution in [2.45, 2.75) is 45.4 Å². The molecule has 0 fully saturated rings. The molecular weight excluding hydrogens is 374 g/mol. The van der Waals surface area contributed by atoms with Crippen molar-refractivity contribution in [3.63, 3.8) is 0 Å². The van der Waals surface area contributed by atoms with Crippen LogP contribution < -0.4 is 0 Å². The third kappa shape index (κ3) is 3.26. The Labute approximate surface area is 168 Å². The van der Waals surface area contributed by atoms with Gasteiger partial charge in [0.1, 0.15) is 17.4 Å². The summed E-state index contributed by atoms with van der Waals surface area (Å²) in [5.41, 5.74) is 2.08. The van der Waals surface area contributed by atoms with Gasteiger partial charge in [-0.2, -0.15) is 0 Å². The van der Waals surface area contributed by atoms with E-state index < -0.39 is 11.8 Å². The highest BCUT2D eigenvalue weighted by Crippen LogP contribution is 2.47. The smallest absolute Gasteiger partial charge is 0.315 e. The minimum atomic E-state index is -0.633. The average Bonchev–Trinajstić information content (AvgIpc) is 3.32. The molecule has 0 saturated carbocycles. The first-order chi connectivity index (χ1) is 13.5. The number of thiophene rings is 1. The average molecular weight is 397 g/mol. The minimum absolute atomic E-state index is 0.0456. The van der Waals surface area contributed by atoms with Gasteiger partial charge in [-0.1, -0.05) is 6.07 Å². The van der Waals surface area contributed by atoms with E-state index in [0.29, 0.717) is 29.9 Å². The minimum Gasteiger partial charge on any atom is -0.466 e. The molecule has 2 aliphatic rings. The second-order valence-corrected chi connectivity index (χ2v) is 8.29. The normalized spacial score (nSPS) is 24.8. The number of allylic oxidation sites excluding steroid dienone is 2. The number of ketones is 1. The third-order valence-corrected chi connectivity index (χ3v) is 6.48. The Morgan fingerprint density at radius 3 is 2.75 bits per heavy atom. The molecule has 3 heterocycles. The highest BCUT2D eigenvalue weighted by atomic mass is 32.1. The summed E-state index contributed by atoms with van der Waals surface area (Å²) in [5, 5.41) is 2.03. The monoisotopic (exact) mass is 397 g/mol. The predicted octanol–water partition coefficient (Wildman–Crippen LogP) is 4.79. The van der Waals surface area contributed by atoms with Gasteiger partial charge >= 0.3 is 5.97 Å². The Morgan fingerprint density at radius 1 is 1.29 bits per heavy atom. The first-order valence-corrected chi connectivity index (χ1v) is 10.4. The number of ether oxygens (including phenoxy) is 1. The van der Waals surface area contributed by atoms with Crippen molar-refractivity contribution in [1.82, 2.24) is 0 Å². The van der Waals surface area contributed by atoms with Crippen molar-refractivity contribution < 1.29 is 18.7 Å². The van der Waals surface area contributed by atoms with Gasteiger partial charge in [0.25, 0.3) is 0 Å².